The standard InChI is InChI=1S/C15H21NO2S/c1-13-3-6-15(7-4-13)8-5-14(2)19(17)16-9-11-18-12-10-16/h3-8,14H,9-12H2,1-2H3/b8-5+. The molecule has 0 saturated carbocycles. The summed E-state index contributed by atoms with van der Waals surface area (Å²) in [5.74, 6) is 0. The third-order valence-electron chi connectivity index (χ3n) is 3.18. The quantitative estimate of drug-likeness (QED) is 0.847. The van der Waals surface area contributed by atoms with E-state index in [-0.39, 0.29) is 5.25 Å². The van der Waals surface area contributed by atoms with Crippen LogP contribution in [0.4, 0.5) is 0 Å². The molecule has 2 unspecified atom stereocenters. The first-order chi connectivity index (χ1) is 9.16. The maximum atomic E-state index is 12.3. The summed E-state index contributed by atoms with van der Waals surface area (Å²) in [5, 5.41) is 0.0272. The van der Waals surface area contributed by atoms with Crippen LogP contribution in [0.2, 0.25) is 0 Å². The second-order valence-corrected chi connectivity index (χ2v) is 6.60. The summed E-state index contributed by atoms with van der Waals surface area (Å²) < 4.78 is 19.6. The van der Waals surface area contributed by atoms with Gasteiger partial charge in [-0.3, -0.25) is 0 Å². The molecule has 104 valence electrons. The third-order valence-corrected chi connectivity index (χ3v) is 4.85. The topological polar surface area (TPSA) is 29.5 Å². The van der Waals surface area contributed by atoms with Crippen LogP contribution in [0.1, 0.15) is 18.1 Å². The Balaban J connectivity index is 1.93. The van der Waals surface area contributed by atoms with E-state index in [9.17, 15) is 4.21 Å². The van der Waals surface area contributed by atoms with E-state index in [2.05, 4.69) is 31.2 Å². The van der Waals surface area contributed by atoms with E-state index in [0.29, 0.717) is 13.2 Å². The Bertz CT molecular complexity index is 450. The first kappa shape index (κ1) is 14.4. The van der Waals surface area contributed by atoms with Crippen molar-refractivity contribution in [3.05, 3.63) is 41.5 Å². The Morgan fingerprint density at radius 1 is 1.26 bits per heavy atom. The molecule has 2 atom stereocenters. The molecule has 1 aromatic rings. The zero-order valence-electron chi connectivity index (χ0n) is 11.5. The Morgan fingerprint density at radius 3 is 2.53 bits per heavy atom. The van der Waals surface area contributed by atoms with E-state index in [4.69, 9.17) is 4.74 Å². The predicted octanol–water partition coefficient (Wildman–Crippen LogP) is 2.39. The second kappa shape index (κ2) is 6.98. The van der Waals surface area contributed by atoms with Gasteiger partial charge in [-0.2, -0.15) is 0 Å². The fourth-order valence-corrected chi connectivity index (χ4v) is 3.15. The highest BCUT2D eigenvalue weighted by Gasteiger charge is 2.19. The molecule has 0 aliphatic carbocycles. The first-order valence-corrected chi connectivity index (χ1v) is 7.82. The zero-order chi connectivity index (χ0) is 13.7. The summed E-state index contributed by atoms with van der Waals surface area (Å²) in [6.07, 6.45) is 4.07. The van der Waals surface area contributed by atoms with Gasteiger partial charge >= 0.3 is 0 Å². The molecule has 1 aromatic carbocycles. The Morgan fingerprint density at radius 2 is 1.89 bits per heavy atom. The van der Waals surface area contributed by atoms with Crippen LogP contribution in [-0.4, -0.2) is 40.1 Å². The van der Waals surface area contributed by atoms with E-state index in [1.807, 2.05) is 23.4 Å². The predicted molar refractivity (Wildman–Crippen MR) is 80.2 cm³/mol. The number of rotatable bonds is 4. The van der Waals surface area contributed by atoms with Gasteiger partial charge in [-0.1, -0.05) is 42.0 Å². The largest absolute Gasteiger partial charge is 0.379 e. The van der Waals surface area contributed by atoms with Crippen LogP contribution in [0.25, 0.3) is 6.08 Å². The summed E-state index contributed by atoms with van der Waals surface area (Å²) in [6, 6.07) is 8.33. The van der Waals surface area contributed by atoms with Crippen molar-refractivity contribution in [2.75, 3.05) is 26.3 Å². The molecule has 1 aliphatic rings. The van der Waals surface area contributed by atoms with Gasteiger partial charge in [0.25, 0.3) is 0 Å². The Labute approximate surface area is 117 Å². The summed E-state index contributed by atoms with van der Waals surface area (Å²) >= 11 is 0. The number of benzene rings is 1. The van der Waals surface area contributed by atoms with Gasteiger partial charge in [0, 0.05) is 13.1 Å². The van der Waals surface area contributed by atoms with Gasteiger partial charge in [0.2, 0.25) is 0 Å². The van der Waals surface area contributed by atoms with Gasteiger partial charge in [0.1, 0.15) is 11.0 Å². The van der Waals surface area contributed by atoms with Crippen molar-refractivity contribution in [1.29, 1.82) is 0 Å². The average Bonchev–Trinajstić information content (AvgIpc) is 2.46. The SMILES string of the molecule is Cc1ccc(/C=C/C(C)S(=O)N2CCOCC2)cc1. The molecule has 0 aromatic heterocycles. The minimum atomic E-state index is -0.963. The van der Waals surface area contributed by atoms with Crippen LogP contribution in [0, 0.1) is 6.92 Å². The average molecular weight is 279 g/mol. The van der Waals surface area contributed by atoms with Crippen molar-refractivity contribution >= 4 is 17.1 Å². The fourth-order valence-electron chi connectivity index (χ4n) is 1.95. The smallest absolute Gasteiger partial charge is 0.101 e. The molecular weight excluding hydrogens is 258 g/mol. The molecule has 1 fully saturated rings. The van der Waals surface area contributed by atoms with Gasteiger partial charge in [0.05, 0.1) is 18.5 Å². The molecule has 3 nitrogen and oxygen atoms in total. The Kier molecular flexibility index (Phi) is 5.31. The van der Waals surface area contributed by atoms with E-state index in [1.54, 1.807) is 0 Å². The van der Waals surface area contributed by atoms with Gasteiger partial charge in [-0.15, -0.1) is 0 Å². The van der Waals surface area contributed by atoms with Crippen molar-refractivity contribution in [1.82, 2.24) is 4.31 Å². The van der Waals surface area contributed by atoms with E-state index >= 15 is 0 Å². The lowest BCUT2D eigenvalue weighted by atomic mass is 10.1. The van der Waals surface area contributed by atoms with Gasteiger partial charge < -0.3 is 4.74 Å². The van der Waals surface area contributed by atoms with Crippen LogP contribution in [0.3, 0.4) is 0 Å². The highest BCUT2D eigenvalue weighted by molar-refractivity contribution is 7.83. The summed E-state index contributed by atoms with van der Waals surface area (Å²) in [6.45, 7) is 6.95. The molecule has 0 N–H and O–H groups in total. The summed E-state index contributed by atoms with van der Waals surface area (Å²) in [7, 11) is -0.963. The lowest BCUT2D eigenvalue weighted by Gasteiger charge is -2.27. The molecule has 0 spiro atoms. The van der Waals surface area contributed by atoms with E-state index in [1.165, 1.54) is 5.56 Å². The first-order valence-electron chi connectivity index (χ1n) is 6.65. The molecule has 2 rings (SSSR count). The molecule has 1 saturated heterocycles. The molecule has 0 bridgehead atoms. The zero-order valence-corrected chi connectivity index (χ0v) is 12.4. The number of nitrogens with zero attached hydrogens (tertiary/aromatic N) is 1. The fraction of sp³-hybridized carbons (Fsp3) is 0.467. The van der Waals surface area contributed by atoms with Crippen molar-refractivity contribution in [3.63, 3.8) is 0 Å². The van der Waals surface area contributed by atoms with Crippen LogP contribution in [0.15, 0.2) is 30.3 Å². The van der Waals surface area contributed by atoms with Crippen molar-refractivity contribution in [2.24, 2.45) is 0 Å². The molecule has 4 heteroatoms. The van der Waals surface area contributed by atoms with Crippen LogP contribution >= 0.6 is 0 Å². The second-order valence-electron chi connectivity index (χ2n) is 4.79. The summed E-state index contributed by atoms with van der Waals surface area (Å²) in [5.41, 5.74) is 2.40. The van der Waals surface area contributed by atoms with E-state index < -0.39 is 11.0 Å². The maximum Gasteiger partial charge on any atom is 0.101 e. The Hall–Kier alpha value is -0.970. The molecule has 0 radical (unpaired) electrons. The highest BCUT2D eigenvalue weighted by atomic mass is 32.2. The van der Waals surface area contributed by atoms with Crippen molar-refractivity contribution in [2.45, 2.75) is 19.1 Å². The number of aryl methyl sites for hydroxylation is 1. The molecule has 19 heavy (non-hydrogen) atoms. The molecule has 1 aliphatic heterocycles. The van der Waals surface area contributed by atoms with Gasteiger partial charge in [-0.25, -0.2) is 8.51 Å². The minimum absolute atomic E-state index is 0.0272. The lowest BCUT2D eigenvalue weighted by molar-refractivity contribution is 0.0750. The highest BCUT2D eigenvalue weighted by Crippen LogP contribution is 2.11. The molecule has 0 amide bonds. The normalized spacial score (nSPS) is 20.5. The third kappa shape index (κ3) is 4.27. The lowest BCUT2D eigenvalue weighted by Crippen LogP contribution is -2.40. The van der Waals surface area contributed by atoms with Crippen LogP contribution in [0.5, 0.6) is 0 Å². The monoisotopic (exact) mass is 279 g/mol. The van der Waals surface area contributed by atoms with Crippen molar-refractivity contribution in [3.8, 4) is 0 Å². The summed E-state index contributed by atoms with van der Waals surface area (Å²) in [4.78, 5) is 0. The number of ether oxygens (including phenoxy) is 1. The van der Waals surface area contributed by atoms with Gasteiger partial charge in [0.15, 0.2) is 0 Å². The van der Waals surface area contributed by atoms with Crippen LogP contribution < -0.4 is 0 Å². The number of morpholine rings is 1. The van der Waals surface area contributed by atoms with Gasteiger partial charge in [-0.05, 0) is 19.4 Å². The van der Waals surface area contributed by atoms with Crippen molar-refractivity contribution < 1.29 is 8.95 Å². The maximum absolute atomic E-state index is 12.3. The number of hydrogen-bond acceptors (Lipinski definition) is 2. The number of hydrogen-bond donors (Lipinski definition) is 0. The minimum Gasteiger partial charge on any atom is -0.379 e. The molecular formula is C15H21NO2S. The molecule has 1 heterocycles. The van der Waals surface area contributed by atoms with E-state index in [0.717, 1.165) is 18.7 Å². The van der Waals surface area contributed by atoms with Crippen LogP contribution in [-0.2, 0) is 15.7 Å².